The van der Waals surface area contributed by atoms with Crippen molar-refractivity contribution in [2.24, 2.45) is 0 Å². The Hall–Kier alpha value is -0.440. The average Bonchev–Trinajstić information content (AvgIpc) is 2.28. The highest BCUT2D eigenvalue weighted by Gasteiger charge is 2.52. The van der Waals surface area contributed by atoms with Crippen LogP contribution in [0.2, 0.25) is 0 Å². The third-order valence-corrected chi connectivity index (χ3v) is 3.06. The molecule has 0 bridgehead atoms. The van der Waals surface area contributed by atoms with Gasteiger partial charge in [-0.2, -0.15) is 0 Å². The van der Waals surface area contributed by atoms with Crippen molar-refractivity contribution in [1.82, 2.24) is 0 Å². The van der Waals surface area contributed by atoms with Crippen LogP contribution in [-0.4, -0.2) is 52.6 Å². The largest absolute Gasteiger partial charge is 0.471 e. The molecule has 1 saturated heterocycles. The number of rotatable bonds is 5. The molecule has 3 N–H and O–H groups in total. The third kappa shape index (κ3) is 3.53. The molecule has 0 aromatic rings. The van der Waals surface area contributed by atoms with Crippen LogP contribution in [0.1, 0.15) is 0 Å². The van der Waals surface area contributed by atoms with Gasteiger partial charge in [0, 0.05) is 0 Å². The summed E-state index contributed by atoms with van der Waals surface area (Å²) >= 11 is 0. The number of aliphatic hydroxyl groups excluding tert-OH is 3. The van der Waals surface area contributed by atoms with Crippen LogP contribution in [0.25, 0.3) is 0 Å². The molecule has 1 aliphatic heterocycles. The minimum Gasteiger partial charge on any atom is -0.388 e. The van der Waals surface area contributed by atoms with Crippen molar-refractivity contribution in [3.63, 3.8) is 0 Å². The van der Waals surface area contributed by atoms with Crippen LogP contribution in [0.4, 0.5) is 0 Å². The van der Waals surface area contributed by atoms with Gasteiger partial charge in [-0.05, 0) is 0 Å². The smallest absolute Gasteiger partial charge is 0.388 e. The lowest BCUT2D eigenvalue weighted by atomic mass is 9.98. The first-order chi connectivity index (χ1) is 8.28. The summed E-state index contributed by atoms with van der Waals surface area (Å²) in [6.07, 6.45) is -5.26. The lowest BCUT2D eigenvalue weighted by Gasteiger charge is -2.41. The summed E-state index contributed by atoms with van der Waals surface area (Å²) in [5.74, 6) is -2.41. The Labute approximate surface area is 101 Å². The van der Waals surface area contributed by atoms with Crippen molar-refractivity contribution < 1.29 is 47.4 Å². The maximum atomic E-state index is 10.5. The molecule has 0 saturated carbocycles. The highest BCUT2D eigenvalue weighted by atomic mass is 31.1. The fraction of sp³-hybridized carbons (Fsp3) is 1.00. The summed E-state index contributed by atoms with van der Waals surface area (Å²) in [4.78, 5) is 0. The van der Waals surface area contributed by atoms with Crippen LogP contribution >= 0.6 is 15.8 Å². The molecule has 0 spiro atoms. The minimum atomic E-state index is -3.52. The van der Waals surface area contributed by atoms with Crippen LogP contribution in [0.3, 0.4) is 0 Å². The molecule has 1 aliphatic rings. The van der Waals surface area contributed by atoms with Crippen LogP contribution in [0.5, 0.6) is 0 Å². The van der Waals surface area contributed by atoms with Gasteiger partial charge in [-0.15, -0.1) is 0 Å². The van der Waals surface area contributed by atoms with Gasteiger partial charge in [-0.3, -0.25) is 4.52 Å². The molecular formula is C6H10O10P2. The van der Waals surface area contributed by atoms with Gasteiger partial charge in [-0.25, -0.2) is 22.8 Å². The molecule has 0 aromatic carbocycles. The molecule has 0 unspecified atom stereocenters. The summed E-state index contributed by atoms with van der Waals surface area (Å²) in [5.41, 5.74) is 0. The van der Waals surface area contributed by atoms with Crippen molar-refractivity contribution in [3.8, 4) is 0 Å². The fourth-order valence-corrected chi connectivity index (χ4v) is 2.13. The van der Waals surface area contributed by atoms with Crippen LogP contribution in [0, 0.1) is 0 Å². The molecule has 4 atom stereocenters. The van der Waals surface area contributed by atoms with E-state index in [0.29, 0.717) is 0 Å². The minimum absolute atomic E-state index is 0.569. The Morgan fingerprint density at radius 1 is 1.17 bits per heavy atom. The van der Waals surface area contributed by atoms with Crippen molar-refractivity contribution in [1.29, 1.82) is 0 Å². The molecule has 1 fully saturated rings. The quantitative estimate of drug-likeness (QED) is 0.538. The van der Waals surface area contributed by atoms with Gasteiger partial charge >= 0.3 is 15.8 Å². The number of ether oxygens (including phenoxy) is 1. The zero-order valence-corrected chi connectivity index (χ0v) is 10.5. The molecule has 10 nitrogen and oxygen atoms in total. The molecule has 0 aromatic heterocycles. The second kappa shape index (κ2) is 6.14. The lowest BCUT2D eigenvalue weighted by molar-refractivity contribution is -0.315. The molecule has 0 radical (unpaired) electrons. The monoisotopic (exact) mass is 304 g/mol. The zero-order chi connectivity index (χ0) is 13.9. The van der Waals surface area contributed by atoms with E-state index < -0.39 is 53.1 Å². The van der Waals surface area contributed by atoms with Crippen molar-refractivity contribution in [3.05, 3.63) is 0 Å². The van der Waals surface area contributed by atoms with E-state index in [2.05, 4.69) is 9.05 Å². The molecule has 0 aliphatic carbocycles. The summed E-state index contributed by atoms with van der Waals surface area (Å²) in [5, 5.41) is 28.2. The van der Waals surface area contributed by atoms with E-state index in [4.69, 9.17) is 4.74 Å². The molecule has 12 heteroatoms. The van der Waals surface area contributed by atoms with E-state index in [1.54, 1.807) is 0 Å². The molecule has 18 heavy (non-hydrogen) atoms. The summed E-state index contributed by atoms with van der Waals surface area (Å²) in [6.45, 7) is -1.56. The van der Waals surface area contributed by atoms with Crippen molar-refractivity contribution in [2.45, 2.75) is 24.1 Å². The Morgan fingerprint density at radius 2 is 1.78 bits per heavy atom. The van der Waals surface area contributed by atoms with E-state index in [0.717, 1.165) is 0 Å². The Morgan fingerprint density at radius 3 is 2.28 bits per heavy atom. The zero-order valence-electron chi connectivity index (χ0n) is 8.74. The van der Waals surface area contributed by atoms with Crippen LogP contribution < -0.4 is 0 Å². The van der Waals surface area contributed by atoms with Gasteiger partial charge in [0.1, 0.15) is 24.9 Å². The van der Waals surface area contributed by atoms with Crippen LogP contribution in [0.15, 0.2) is 0 Å². The topological polar surface area (TPSA) is 157 Å². The number of hydrogen-bond donors (Lipinski definition) is 3. The molecule has 1 rings (SSSR count). The Balaban J connectivity index is 2.95. The second-order valence-corrected chi connectivity index (χ2v) is 4.77. The second-order valence-electron chi connectivity index (χ2n) is 3.44. The maximum absolute atomic E-state index is 10.5. The summed E-state index contributed by atoms with van der Waals surface area (Å²) < 4.78 is 54.8. The first-order valence-electron chi connectivity index (χ1n) is 4.57. The standard InChI is InChI=1S/C6H10O10P2/c7-3-1-14-6(16-18(12)13,2-15-17(10)11)5(9)4(3)8/h3-5,7-9H,1-2H2/t3-,4-,5+,6-/m0/s1. The first kappa shape index (κ1) is 15.6. The maximum Gasteiger partial charge on any atom is 0.471 e. The van der Waals surface area contributed by atoms with Gasteiger partial charge in [0.15, 0.2) is 0 Å². The van der Waals surface area contributed by atoms with E-state index in [9.17, 15) is 33.6 Å². The van der Waals surface area contributed by atoms with E-state index >= 15 is 0 Å². The van der Waals surface area contributed by atoms with E-state index in [1.807, 2.05) is 0 Å². The summed E-state index contributed by atoms with van der Waals surface area (Å²) in [6, 6.07) is 0. The van der Waals surface area contributed by atoms with Crippen LogP contribution in [-0.2, 0) is 32.0 Å². The van der Waals surface area contributed by atoms with Gasteiger partial charge in [0.05, 0.1) is 6.61 Å². The number of hydrogen-bond acceptors (Lipinski definition) is 10. The van der Waals surface area contributed by atoms with Crippen molar-refractivity contribution in [2.75, 3.05) is 13.2 Å². The predicted octanol–water partition coefficient (Wildman–Crippen LogP) is -0.995. The first-order valence-corrected chi connectivity index (χ1v) is 6.76. The Bertz CT molecular complexity index is 414. The lowest BCUT2D eigenvalue weighted by Crippen LogP contribution is -2.63. The van der Waals surface area contributed by atoms with E-state index in [-0.39, 0.29) is 0 Å². The molecule has 1 heterocycles. The number of aliphatic hydroxyl groups is 3. The highest BCUT2D eigenvalue weighted by Crippen LogP contribution is 2.34. The van der Waals surface area contributed by atoms with Gasteiger partial charge in [0.25, 0.3) is 0 Å². The molecule has 0 amide bonds. The van der Waals surface area contributed by atoms with Gasteiger partial charge in [0.2, 0.25) is 5.79 Å². The third-order valence-electron chi connectivity index (χ3n) is 2.27. The Kier molecular flexibility index (Phi) is 5.32. The van der Waals surface area contributed by atoms with E-state index in [1.165, 1.54) is 0 Å². The van der Waals surface area contributed by atoms with Gasteiger partial charge < -0.3 is 20.1 Å². The normalized spacial score (nSPS) is 36.3. The van der Waals surface area contributed by atoms with Gasteiger partial charge in [-0.1, -0.05) is 0 Å². The SMILES string of the molecule is O=P(=O)OC[C@@]1(OP(=O)=O)OC[C@H](O)[C@H](O)[C@H]1O. The highest BCUT2D eigenvalue weighted by molar-refractivity contribution is 7.25. The summed E-state index contributed by atoms with van der Waals surface area (Å²) in [7, 11) is -6.86. The molecular weight excluding hydrogens is 294 g/mol. The average molecular weight is 304 g/mol. The predicted molar refractivity (Wildman–Crippen MR) is 50.3 cm³/mol. The van der Waals surface area contributed by atoms with Crippen molar-refractivity contribution >= 4 is 15.8 Å². The molecule has 104 valence electrons. The fourth-order valence-electron chi connectivity index (χ4n) is 1.38.